The number of halogens is 1. The summed E-state index contributed by atoms with van der Waals surface area (Å²) in [6, 6.07) is 2.67. The number of benzene rings is 1. The predicted octanol–water partition coefficient (Wildman–Crippen LogP) is 2.78. The van der Waals surface area contributed by atoms with Gasteiger partial charge >= 0.3 is 12.1 Å². The van der Waals surface area contributed by atoms with Gasteiger partial charge in [-0.05, 0) is 12.1 Å². The molecular weight excluding hydrogens is 274 g/mol. The summed E-state index contributed by atoms with van der Waals surface area (Å²) in [6.07, 6.45) is 0.544. The summed E-state index contributed by atoms with van der Waals surface area (Å²) in [7, 11) is 1.38. The molecule has 0 saturated carbocycles. The molecule has 0 aliphatic carbocycles. The molecule has 0 aromatic heterocycles. The maximum absolute atomic E-state index is 11.4. The lowest BCUT2D eigenvalue weighted by Gasteiger charge is -2.12. The molecule has 0 atom stereocenters. The highest BCUT2D eigenvalue weighted by Crippen LogP contribution is 2.35. The fraction of sp³-hybridized carbons (Fsp3) is 0.167. The van der Waals surface area contributed by atoms with E-state index in [0.717, 1.165) is 0 Å². The number of nitrogens with one attached hydrogen (secondary N) is 1. The second kappa shape index (κ2) is 6.65. The summed E-state index contributed by atoms with van der Waals surface area (Å²) in [5.74, 6) is -0.991. The van der Waals surface area contributed by atoms with Crippen molar-refractivity contribution >= 4 is 29.4 Å². The van der Waals surface area contributed by atoms with E-state index in [1.165, 1.54) is 25.3 Å². The Morgan fingerprint density at radius 2 is 2.21 bits per heavy atom. The Balaban J connectivity index is 3.11. The van der Waals surface area contributed by atoms with Gasteiger partial charge in [0.25, 0.3) is 0 Å². The Labute approximate surface area is 114 Å². The SMILES string of the molecule is C=CCOC(=O)Nc1c(C(=O)O)ccc(OC)c1Cl. The van der Waals surface area contributed by atoms with Crippen LogP contribution in [-0.2, 0) is 4.74 Å². The number of carbonyl (C=O) groups is 2. The molecule has 6 nitrogen and oxygen atoms in total. The van der Waals surface area contributed by atoms with E-state index in [-0.39, 0.29) is 28.6 Å². The van der Waals surface area contributed by atoms with Crippen molar-refractivity contribution in [1.82, 2.24) is 0 Å². The van der Waals surface area contributed by atoms with E-state index in [4.69, 9.17) is 26.2 Å². The Morgan fingerprint density at radius 1 is 1.53 bits per heavy atom. The molecule has 2 N–H and O–H groups in total. The van der Waals surface area contributed by atoms with E-state index >= 15 is 0 Å². The van der Waals surface area contributed by atoms with E-state index in [2.05, 4.69) is 11.9 Å². The predicted molar refractivity (Wildman–Crippen MR) is 70.1 cm³/mol. The van der Waals surface area contributed by atoms with Crippen LogP contribution in [0.1, 0.15) is 10.4 Å². The minimum Gasteiger partial charge on any atom is -0.495 e. The number of carboxylic acid groups (broad SMARTS) is 1. The largest absolute Gasteiger partial charge is 0.495 e. The molecule has 0 bridgehead atoms. The van der Waals surface area contributed by atoms with Crippen molar-refractivity contribution in [3.63, 3.8) is 0 Å². The topological polar surface area (TPSA) is 84.9 Å². The van der Waals surface area contributed by atoms with Gasteiger partial charge in [-0.2, -0.15) is 0 Å². The van der Waals surface area contributed by atoms with Gasteiger partial charge in [0.2, 0.25) is 0 Å². The van der Waals surface area contributed by atoms with Crippen molar-refractivity contribution < 1.29 is 24.2 Å². The fourth-order valence-electron chi connectivity index (χ4n) is 1.29. The minimum absolute atomic E-state index is 0.00414. The van der Waals surface area contributed by atoms with Gasteiger partial charge in [-0.3, -0.25) is 5.32 Å². The van der Waals surface area contributed by atoms with Crippen molar-refractivity contribution in [1.29, 1.82) is 0 Å². The van der Waals surface area contributed by atoms with Gasteiger partial charge in [-0.15, -0.1) is 0 Å². The van der Waals surface area contributed by atoms with Gasteiger partial charge < -0.3 is 14.6 Å². The first-order chi connectivity index (χ1) is 9.01. The minimum atomic E-state index is -1.23. The summed E-state index contributed by atoms with van der Waals surface area (Å²) >= 11 is 5.96. The molecule has 1 amide bonds. The zero-order valence-electron chi connectivity index (χ0n) is 10.1. The third kappa shape index (κ3) is 3.62. The average molecular weight is 286 g/mol. The Hall–Kier alpha value is -2.21. The number of methoxy groups -OCH3 is 1. The van der Waals surface area contributed by atoms with Crippen LogP contribution in [0.25, 0.3) is 0 Å². The molecule has 0 saturated heterocycles. The summed E-state index contributed by atoms with van der Waals surface area (Å²) in [5.41, 5.74) is -0.246. The standard InChI is InChI=1S/C12H12ClNO5/c1-3-6-19-12(17)14-10-7(11(15)16)4-5-8(18-2)9(10)13/h3-5H,1,6H2,2H3,(H,14,17)(H,15,16). The third-order valence-electron chi connectivity index (χ3n) is 2.12. The number of carboxylic acids is 1. The number of ether oxygens (including phenoxy) is 2. The second-order valence-corrected chi connectivity index (χ2v) is 3.70. The maximum atomic E-state index is 11.4. The van der Waals surface area contributed by atoms with Crippen LogP contribution in [0.2, 0.25) is 5.02 Å². The van der Waals surface area contributed by atoms with E-state index in [1.54, 1.807) is 0 Å². The van der Waals surface area contributed by atoms with Crippen LogP contribution in [0.5, 0.6) is 5.75 Å². The molecule has 0 spiro atoms. The van der Waals surface area contributed by atoms with Crippen LogP contribution in [-0.4, -0.2) is 30.9 Å². The normalized spacial score (nSPS) is 9.58. The molecule has 1 rings (SSSR count). The highest BCUT2D eigenvalue weighted by Gasteiger charge is 2.19. The van der Waals surface area contributed by atoms with Crippen LogP contribution in [0.15, 0.2) is 24.8 Å². The first kappa shape index (κ1) is 14.8. The van der Waals surface area contributed by atoms with Crippen molar-refractivity contribution in [3.8, 4) is 5.75 Å². The number of rotatable bonds is 5. The van der Waals surface area contributed by atoms with Gasteiger partial charge in [-0.25, -0.2) is 9.59 Å². The van der Waals surface area contributed by atoms with Crippen LogP contribution >= 0.6 is 11.6 Å². The molecule has 0 unspecified atom stereocenters. The van der Waals surface area contributed by atoms with Gasteiger partial charge in [-0.1, -0.05) is 24.3 Å². The average Bonchev–Trinajstić information content (AvgIpc) is 2.38. The smallest absolute Gasteiger partial charge is 0.412 e. The Kier molecular flexibility index (Phi) is 5.20. The van der Waals surface area contributed by atoms with Crippen LogP contribution in [0.4, 0.5) is 10.5 Å². The first-order valence-electron chi connectivity index (χ1n) is 5.15. The molecule has 7 heteroatoms. The molecule has 0 fully saturated rings. The van der Waals surface area contributed by atoms with Crippen LogP contribution in [0, 0.1) is 0 Å². The van der Waals surface area contributed by atoms with Crippen LogP contribution in [0.3, 0.4) is 0 Å². The molecule has 0 heterocycles. The second-order valence-electron chi connectivity index (χ2n) is 3.32. The molecule has 1 aromatic carbocycles. The molecule has 19 heavy (non-hydrogen) atoms. The molecule has 0 aliphatic rings. The highest BCUT2D eigenvalue weighted by atomic mass is 35.5. The van der Waals surface area contributed by atoms with E-state index in [0.29, 0.717) is 0 Å². The van der Waals surface area contributed by atoms with Gasteiger partial charge in [0, 0.05) is 0 Å². The Bertz CT molecular complexity index is 515. The first-order valence-corrected chi connectivity index (χ1v) is 5.53. The molecule has 102 valence electrons. The van der Waals surface area contributed by atoms with E-state index in [1.807, 2.05) is 0 Å². The number of anilines is 1. The van der Waals surface area contributed by atoms with E-state index in [9.17, 15) is 9.59 Å². The summed E-state index contributed by atoms with van der Waals surface area (Å²) in [6.45, 7) is 3.38. The number of aromatic carboxylic acids is 1. The summed E-state index contributed by atoms with van der Waals surface area (Å²) < 4.78 is 9.65. The van der Waals surface area contributed by atoms with Gasteiger partial charge in [0.1, 0.15) is 17.4 Å². The summed E-state index contributed by atoms with van der Waals surface area (Å²) in [5, 5.41) is 11.3. The van der Waals surface area contributed by atoms with E-state index < -0.39 is 12.1 Å². The van der Waals surface area contributed by atoms with Gasteiger partial charge in [0.15, 0.2) is 0 Å². The lowest BCUT2D eigenvalue weighted by Crippen LogP contribution is -2.16. The van der Waals surface area contributed by atoms with Gasteiger partial charge in [0.05, 0.1) is 18.4 Å². The Morgan fingerprint density at radius 3 is 2.74 bits per heavy atom. The zero-order chi connectivity index (χ0) is 14.4. The van der Waals surface area contributed by atoms with Crippen molar-refractivity contribution in [2.45, 2.75) is 0 Å². The lowest BCUT2D eigenvalue weighted by atomic mass is 10.1. The highest BCUT2D eigenvalue weighted by molar-refractivity contribution is 6.36. The fourth-order valence-corrected chi connectivity index (χ4v) is 1.58. The molecule has 0 aliphatic heterocycles. The number of amides is 1. The molecule has 0 radical (unpaired) electrons. The third-order valence-corrected chi connectivity index (χ3v) is 2.49. The van der Waals surface area contributed by atoms with Crippen LogP contribution < -0.4 is 10.1 Å². The quantitative estimate of drug-likeness (QED) is 0.813. The van der Waals surface area contributed by atoms with Crippen molar-refractivity contribution in [3.05, 3.63) is 35.4 Å². The van der Waals surface area contributed by atoms with Crippen molar-refractivity contribution in [2.75, 3.05) is 19.0 Å². The number of hydrogen-bond donors (Lipinski definition) is 2. The summed E-state index contributed by atoms with van der Waals surface area (Å²) in [4.78, 5) is 22.5. The monoisotopic (exact) mass is 285 g/mol. The molecule has 1 aromatic rings. The van der Waals surface area contributed by atoms with Crippen molar-refractivity contribution in [2.24, 2.45) is 0 Å². The zero-order valence-corrected chi connectivity index (χ0v) is 10.9. The lowest BCUT2D eigenvalue weighted by molar-refractivity contribution is 0.0698. The number of carbonyl (C=O) groups excluding carboxylic acids is 1. The number of hydrogen-bond acceptors (Lipinski definition) is 4. The molecular formula is C12H12ClNO5. The maximum Gasteiger partial charge on any atom is 0.412 e.